The molecule has 1 saturated heterocycles. The van der Waals surface area contributed by atoms with Gasteiger partial charge in [-0.2, -0.15) is 11.8 Å². The average molecular weight is 180 g/mol. The SMILES string of the molecule is c1cncc([C@H]2CNCCS2)c1. The molecule has 2 rings (SSSR count). The van der Waals surface area contributed by atoms with E-state index in [0.29, 0.717) is 5.25 Å². The lowest BCUT2D eigenvalue weighted by molar-refractivity contribution is 0.688. The Kier molecular flexibility index (Phi) is 2.64. The Morgan fingerprint density at radius 1 is 1.58 bits per heavy atom. The minimum absolute atomic E-state index is 0.604. The Hall–Kier alpha value is -0.540. The van der Waals surface area contributed by atoms with Crippen molar-refractivity contribution in [1.29, 1.82) is 0 Å². The second kappa shape index (κ2) is 3.92. The van der Waals surface area contributed by atoms with E-state index in [-0.39, 0.29) is 0 Å². The van der Waals surface area contributed by atoms with Crippen LogP contribution in [-0.2, 0) is 0 Å². The first-order valence-corrected chi connectivity index (χ1v) is 5.24. The number of thioether (sulfide) groups is 1. The van der Waals surface area contributed by atoms with E-state index in [2.05, 4.69) is 16.4 Å². The largest absolute Gasteiger partial charge is 0.314 e. The molecule has 0 aromatic carbocycles. The van der Waals surface area contributed by atoms with Crippen LogP contribution in [0.3, 0.4) is 0 Å². The van der Waals surface area contributed by atoms with Gasteiger partial charge in [0.05, 0.1) is 0 Å². The summed E-state index contributed by atoms with van der Waals surface area (Å²) in [6.07, 6.45) is 3.79. The second-order valence-electron chi connectivity index (χ2n) is 2.85. The second-order valence-corrected chi connectivity index (χ2v) is 4.16. The molecule has 1 N–H and O–H groups in total. The summed E-state index contributed by atoms with van der Waals surface area (Å²) in [5.74, 6) is 1.21. The van der Waals surface area contributed by atoms with Crippen LogP contribution < -0.4 is 5.32 Å². The molecule has 0 saturated carbocycles. The minimum atomic E-state index is 0.604. The summed E-state index contributed by atoms with van der Waals surface area (Å²) in [7, 11) is 0. The average Bonchev–Trinajstić information content (AvgIpc) is 2.21. The highest BCUT2D eigenvalue weighted by Crippen LogP contribution is 2.28. The number of hydrogen-bond donors (Lipinski definition) is 1. The third kappa shape index (κ3) is 1.79. The highest BCUT2D eigenvalue weighted by molar-refractivity contribution is 7.99. The zero-order chi connectivity index (χ0) is 8.23. The molecule has 1 aromatic rings. The number of nitrogens with zero attached hydrogens (tertiary/aromatic N) is 1. The van der Waals surface area contributed by atoms with E-state index < -0.39 is 0 Å². The van der Waals surface area contributed by atoms with E-state index in [0.717, 1.165) is 13.1 Å². The lowest BCUT2D eigenvalue weighted by atomic mass is 10.2. The molecule has 0 spiro atoms. The van der Waals surface area contributed by atoms with E-state index in [1.165, 1.54) is 11.3 Å². The Labute approximate surface area is 76.8 Å². The molecule has 0 aliphatic carbocycles. The summed E-state index contributed by atoms with van der Waals surface area (Å²) >= 11 is 2.01. The molecule has 1 atom stereocenters. The fourth-order valence-electron chi connectivity index (χ4n) is 1.35. The Morgan fingerprint density at radius 2 is 2.58 bits per heavy atom. The van der Waals surface area contributed by atoms with Gasteiger partial charge in [0.25, 0.3) is 0 Å². The standard InChI is InChI=1S/C9H12N2S/c1-2-8(6-10-3-1)9-7-11-4-5-12-9/h1-3,6,9,11H,4-5,7H2/t9-/m1/s1. The molecular weight excluding hydrogens is 168 g/mol. The summed E-state index contributed by atoms with van der Waals surface area (Å²) in [5, 5.41) is 3.99. The van der Waals surface area contributed by atoms with Crippen LogP contribution in [0, 0.1) is 0 Å². The van der Waals surface area contributed by atoms with Crippen molar-refractivity contribution in [2.24, 2.45) is 0 Å². The van der Waals surface area contributed by atoms with E-state index in [1.807, 2.05) is 30.2 Å². The molecule has 1 aliphatic rings. The molecule has 64 valence electrons. The van der Waals surface area contributed by atoms with Gasteiger partial charge in [-0.15, -0.1) is 0 Å². The van der Waals surface area contributed by atoms with Crippen molar-refractivity contribution in [3.05, 3.63) is 30.1 Å². The van der Waals surface area contributed by atoms with Gasteiger partial charge in [-0.05, 0) is 11.6 Å². The van der Waals surface area contributed by atoms with Crippen molar-refractivity contribution in [2.75, 3.05) is 18.8 Å². The van der Waals surface area contributed by atoms with Crippen molar-refractivity contribution >= 4 is 11.8 Å². The Balaban J connectivity index is 2.08. The molecule has 12 heavy (non-hydrogen) atoms. The maximum absolute atomic E-state index is 4.12. The van der Waals surface area contributed by atoms with Crippen molar-refractivity contribution < 1.29 is 0 Å². The van der Waals surface area contributed by atoms with Gasteiger partial charge in [-0.25, -0.2) is 0 Å². The van der Waals surface area contributed by atoms with Gasteiger partial charge < -0.3 is 5.32 Å². The van der Waals surface area contributed by atoms with Crippen molar-refractivity contribution in [1.82, 2.24) is 10.3 Å². The molecule has 0 radical (unpaired) electrons. The summed E-state index contributed by atoms with van der Waals surface area (Å²) in [6.45, 7) is 2.22. The fourth-order valence-corrected chi connectivity index (χ4v) is 2.46. The van der Waals surface area contributed by atoms with Crippen LogP contribution in [0.5, 0.6) is 0 Å². The van der Waals surface area contributed by atoms with Crippen LogP contribution >= 0.6 is 11.8 Å². The molecular formula is C9H12N2S. The third-order valence-corrected chi connectivity index (χ3v) is 3.26. The van der Waals surface area contributed by atoms with E-state index in [4.69, 9.17) is 0 Å². The molecule has 3 heteroatoms. The first-order chi connectivity index (χ1) is 5.97. The quantitative estimate of drug-likeness (QED) is 0.708. The molecule has 0 bridgehead atoms. The highest BCUT2D eigenvalue weighted by atomic mass is 32.2. The Morgan fingerprint density at radius 3 is 3.25 bits per heavy atom. The molecule has 1 fully saturated rings. The number of hydrogen-bond acceptors (Lipinski definition) is 3. The highest BCUT2D eigenvalue weighted by Gasteiger charge is 2.14. The summed E-state index contributed by atoms with van der Waals surface area (Å²) in [4.78, 5) is 4.12. The molecule has 2 nitrogen and oxygen atoms in total. The molecule has 0 amide bonds. The molecule has 1 aliphatic heterocycles. The molecule has 0 unspecified atom stereocenters. The first kappa shape index (κ1) is 8.08. The number of aromatic nitrogens is 1. The predicted molar refractivity (Wildman–Crippen MR) is 52.3 cm³/mol. The lowest BCUT2D eigenvalue weighted by Gasteiger charge is -2.22. The van der Waals surface area contributed by atoms with Gasteiger partial charge in [0.2, 0.25) is 0 Å². The maximum Gasteiger partial charge on any atom is 0.0437 e. The predicted octanol–water partition coefficient (Wildman–Crippen LogP) is 1.46. The van der Waals surface area contributed by atoms with Crippen LogP contribution in [0.15, 0.2) is 24.5 Å². The third-order valence-electron chi connectivity index (χ3n) is 1.98. The monoisotopic (exact) mass is 180 g/mol. The first-order valence-electron chi connectivity index (χ1n) is 4.19. The van der Waals surface area contributed by atoms with E-state index >= 15 is 0 Å². The topological polar surface area (TPSA) is 24.9 Å². The minimum Gasteiger partial charge on any atom is -0.314 e. The maximum atomic E-state index is 4.12. The number of nitrogens with one attached hydrogen (secondary N) is 1. The van der Waals surface area contributed by atoms with Gasteiger partial charge in [0, 0.05) is 36.5 Å². The van der Waals surface area contributed by atoms with Crippen molar-refractivity contribution in [2.45, 2.75) is 5.25 Å². The smallest absolute Gasteiger partial charge is 0.0437 e. The number of rotatable bonds is 1. The zero-order valence-corrected chi connectivity index (χ0v) is 7.68. The fraction of sp³-hybridized carbons (Fsp3) is 0.444. The van der Waals surface area contributed by atoms with Gasteiger partial charge in [0.15, 0.2) is 0 Å². The summed E-state index contributed by atoms with van der Waals surface area (Å²) in [5.41, 5.74) is 1.34. The van der Waals surface area contributed by atoms with Gasteiger partial charge >= 0.3 is 0 Å². The van der Waals surface area contributed by atoms with Crippen molar-refractivity contribution in [3.8, 4) is 0 Å². The van der Waals surface area contributed by atoms with Gasteiger partial charge in [0.1, 0.15) is 0 Å². The van der Waals surface area contributed by atoms with Crippen LogP contribution in [0.25, 0.3) is 0 Å². The van der Waals surface area contributed by atoms with Gasteiger partial charge in [-0.1, -0.05) is 6.07 Å². The normalized spacial score (nSPS) is 23.8. The van der Waals surface area contributed by atoms with Crippen molar-refractivity contribution in [3.63, 3.8) is 0 Å². The number of pyridine rings is 1. The van der Waals surface area contributed by atoms with E-state index in [1.54, 1.807) is 0 Å². The van der Waals surface area contributed by atoms with Crippen LogP contribution in [0.1, 0.15) is 10.8 Å². The summed E-state index contributed by atoms with van der Waals surface area (Å²) in [6, 6.07) is 4.15. The Bertz CT molecular complexity index is 232. The summed E-state index contributed by atoms with van der Waals surface area (Å²) < 4.78 is 0. The van der Waals surface area contributed by atoms with Gasteiger partial charge in [-0.3, -0.25) is 4.98 Å². The lowest BCUT2D eigenvalue weighted by Crippen LogP contribution is -2.28. The van der Waals surface area contributed by atoms with Crippen LogP contribution in [0.4, 0.5) is 0 Å². The van der Waals surface area contributed by atoms with E-state index in [9.17, 15) is 0 Å². The van der Waals surface area contributed by atoms with Crippen LogP contribution in [-0.4, -0.2) is 23.8 Å². The van der Waals surface area contributed by atoms with Crippen LogP contribution in [0.2, 0.25) is 0 Å². The molecule has 1 aromatic heterocycles. The zero-order valence-electron chi connectivity index (χ0n) is 6.86. The molecule has 2 heterocycles.